The lowest BCUT2D eigenvalue weighted by molar-refractivity contribution is -0.123. The first-order chi connectivity index (χ1) is 10.1. The Morgan fingerprint density at radius 1 is 1.27 bits per heavy atom. The molecule has 1 heterocycles. The largest absolute Gasteiger partial charge is 0.350 e. The summed E-state index contributed by atoms with van der Waals surface area (Å²) in [6, 6.07) is 5.98. The molecule has 1 aromatic rings. The van der Waals surface area contributed by atoms with Gasteiger partial charge in [-0.05, 0) is 38.5 Å². The number of rotatable bonds is 4. The van der Waals surface area contributed by atoms with Crippen LogP contribution < -0.4 is 21.7 Å². The van der Waals surface area contributed by atoms with E-state index < -0.39 is 23.0 Å². The van der Waals surface area contributed by atoms with E-state index in [9.17, 15) is 14.4 Å². The molecule has 118 valence electrons. The molecule has 7 heteroatoms. The van der Waals surface area contributed by atoms with Crippen molar-refractivity contribution in [1.82, 2.24) is 16.0 Å². The van der Waals surface area contributed by atoms with Gasteiger partial charge in [0.1, 0.15) is 5.54 Å². The van der Waals surface area contributed by atoms with Gasteiger partial charge in [-0.1, -0.05) is 12.1 Å². The highest BCUT2D eigenvalue weighted by molar-refractivity contribution is 6.07. The van der Waals surface area contributed by atoms with Gasteiger partial charge in [0.2, 0.25) is 0 Å². The van der Waals surface area contributed by atoms with E-state index >= 15 is 0 Å². The first kappa shape index (κ1) is 16.0. The molecule has 0 saturated carbocycles. The van der Waals surface area contributed by atoms with Crippen LogP contribution in [0.4, 0.5) is 4.79 Å². The van der Waals surface area contributed by atoms with Gasteiger partial charge in [-0.2, -0.15) is 0 Å². The second kappa shape index (κ2) is 5.42. The van der Waals surface area contributed by atoms with Crippen LogP contribution in [0.1, 0.15) is 36.7 Å². The zero-order chi connectivity index (χ0) is 16.5. The second-order valence-electron chi connectivity index (χ2n) is 6.28. The molecule has 0 bridgehead atoms. The predicted molar refractivity (Wildman–Crippen MR) is 81.1 cm³/mol. The van der Waals surface area contributed by atoms with E-state index in [4.69, 9.17) is 5.73 Å². The summed E-state index contributed by atoms with van der Waals surface area (Å²) in [6.07, 6.45) is 0. The molecule has 7 nitrogen and oxygen atoms in total. The Morgan fingerprint density at radius 2 is 1.86 bits per heavy atom. The van der Waals surface area contributed by atoms with Gasteiger partial charge >= 0.3 is 6.03 Å². The number of carbonyl (C=O) groups is 3. The minimum atomic E-state index is -1.12. The van der Waals surface area contributed by atoms with Crippen LogP contribution in [-0.4, -0.2) is 29.9 Å². The van der Waals surface area contributed by atoms with E-state index in [1.165, 1.54) is 0 Å². The van der Waals surface area contributed by atoms with Crippen molar-refractivity contribution in [3.8, 4) is 0 Å². The van der Waals surface area contributed by atoms with E-state index in [0.717, 1.165) is 0 Å². The Balaban J connectivity index is 2.12. The van der Waals surface area contributed by atoms with E-state index in [0.29, 0.717) is 17.7 Å². The van der Waals surface area contributed by atoms with Crippen molar-refractivity contribution >= 4 is 17.8 Å². The molecule has 22 heavy (non-hydrogen) atoms. The van der Waals surface area contributed by atoms with Crippen molar-refractivity contribution in [3.05, 3.63) is 35.4 Å². The third kappa shape index (κ3) is 3.25. The normalized spacial score (nSPS) is 21.3. The first-order valence-corrected chi connectivity index (χ1v) is 6.93. The van der Waals surface area contributed by atoms with Crippen LogP contribution in [0.15, 0.2) is 24.3 Å². The summed E-state index contributed by atoms with van der Waals surface area (Å²) >= 11 is 0. The SMILES string of the molecule is CC(C)(N)CNC(=O)c1ccc(C2(C)NC(=O)NC2=O)cc1. The summed E-state index contributed by atoms with van der Waals surface area (Å²) in [5.74, 6) is -0.658. The summed E-state index contributed by atoms with van der Waals surface area (Å²) in [4.78, 5) is 35.1. The lowest BCUT2D eigenvalue weighted by Gasteiger charge is -2.21. The standard InChI is InChI=1S/C15H20N4O3/c1-14(2,16)8-17-11(20)9-4-6-10(7-5-9)15(3)12(21)18-13(22)19-15/h4-7H,8,16H2,1-3H3,(H,17,20)(H2,18,19,21,22). The highest BCUT2D eigenvalue weighted by atomic mass is 16.2. The van der Waals surface area contributed by atoms with Crippen LogP contribution in [0, 0.1) is 0 Å². The molecule has 1 aliphatic rings. The zero-order valence-corrected chi connectivity index (χ0v) is 12.8. The lowest BCUT2D eigenvalue weighted by atomic mass is 9.91. The van der Waals surface area contributed by atoms with Crippen LogP contribution >= 0.6 is 0 Å². The number of nitrogens with two attached hydrogens (primary N) is 1. The van der Waals surface area contributed by atoms with E-state index in [2.05, 4.69) is 16.0 Å². The number of hydrogen-bond acceptors (Lipinski definition) is 4. The lowest BCUT2D eigenvalue weighted by Crippen LogP contribution is -2.45. The molecule has 1 unspecified atom stereocenters. The van der Waals surface area contributed by atoms with Crippen molar-refractivity contribution in [2.75, 3.05) is 6.54 Å². The van der Waals surface area contributed by atoms with E-state index in [-0.39, 0.29) is 5.91 Å². The Labute approximate surface area is 128 Å². The van der Waals surface area contributed by atoms with Gasteiger partial charge in [-0.25, -0.2) is 4.79 Å². The molecule has 1 aliphatic heterocycles. The summed E-state index contributed by atoms with van der Waals surface area (Å²) < 4.78 is 0. The fourth-order valence-electron chi connectivity index (χ4n) is 2.11. The number of urea groups is 1. The summed E-state index contributed by atoms with van der Waals surface area (Å²) in [6.45, 7) is 5.60. The monoisotopic (exact) mass is 304 g/mol. The minimum Gasteiger partial charge on any atom is -0.350 e. The van der Waals surface area contributed by atoms with Crippen molar-refractivity contribution in [2.45, 2.75) is 31.8 Å². The highest BCUT2D eigenvalue weighted by Crippen LogP contribution is 2.24. The Kier molecular flexibility index (Phi) is 3.93. The topological polar surface area (TPSA) is 113 Å². The number of benzene rings is 1. The van der Waals surface area contributed by atoms with Gasteiger partial charge in [-0.3, -0.25) is 14.9 Å². The third-order valence-corrected chi connectivity index (χ3v) is 3.47. The number of hydrogen-bond donors (Lipinski definition) is 4. The maximum atomic E-state index is 12.0. The Hall–Kier alpha value is -2.41. The Morgan fingerprint density at radius 3 is 2.32 bits per heavy atom. The molecule has 5 N–H and O–H groups in total. The van der Waals surface area contributed by atoms with Crippen molar-refractivity contribution < 1.29 is 14.4 Å². The average Bonchev–Trinajstić information content (AvgIpc) is 2.69. The van der Waals surface area contributed by atoms with Crippen LogP contribution in [0.25, 0.3) is 0 Å². The summed E-state index contributed by atoms with van der Waals surface area (Å²) in [5.41, 5.74) is 5.27. The smallest absolute Gasteiger partial charge is 0.322 e. The fourth-order valence-corrected chi connectivity index (χ4v) is 2.11. The molecule has 1 saturated heterocycles. The fraction of sp³-hybridized carbons (Fsp3) is 0.400. The van der Waals surface area contributed by atoms with Gasteiger partial charge < -0.3 is 16.4 Å². The van der Waals surface area contributed by atoms with Gasteiger partial charge in [0.15, 0.2) is 0 Å². The predicted octanol–water partition coefficient (Wildman–Crippen LogP) is 0.208. The third-order valence-electron chi connectivity index (χ3n) is 3.47. The molecule has 0 radical (unpaired) electrons. The van der Waals surface area contributed by atoms with Gasteiger partial charge in [-0.15, -0.1) is 0 Å². The van der Waals surface area contributed by atoms with Crippen LogP contribution in [0.2, 0.25) is 0 Å². The van der Waals surface area contributed by atoms with E-state index in [1.54, 1.807) is 31.2 Å². The number of carbonyl (C=O) groups excluding carboxylic acids is 3. The van der Waals surface area contributed by atoms with Gasteiger partial charge in [0, 0.05) is 17.6 Å². The molecular weight excluding hydrogens is 284 g/mol. The van der Waals surface area contributed by atoms with E-state index in [1.807, 2.05) is 13.8 Å². The molecule has 1 fully saturated rings. The molecule has 1 atom stereocenters. The highest BCUT2D eigenvalue weighted by Gasteiger charge is 2.43. The average molecular weight is 304 g/mol. The first-order valence-electron chi connectivity index (χ1n) is 6.93. The second-order valence-corrected chi connectivity index (χ2v) is 6.28. The van der Waals surface area contributed by atoms with Crippen LogP contribution in [0.3, 0.4) is 0 Å². The van der Waals surface area contributed by atoms with Crippen LogP contribution in [-0.2, 0) is 10.3 Å². The summed E-state index contributed by atoms with van der Waals surface area (Å²) in [5, 5.41) is 7.51. The molecule has 4 amide bonds. The van der Waals surface area contributed by atoms with Gasteiger partial charge in [0.25, 0.3) is 11.8 Å². The maximum absolute atomic E-state index is 12.0. The summed E-state index contributed by atoms with van der Waals surface area (Å²) in [7, 11) is 0. The van der Waals surface area contributed by atoms with Crippen molar-refractivity contribution in [2.24, 2.45) is 5.73 Å². The zero-order valence-electron chi connectivity index (χ0n) is 12.8. The number of imide groups is 1. The Bertz CT molecular complexity index is 619. The molecule has 0 aromatic heterocycles. The molecule has 0 spiro atoms. The maximum Gasteiger partial charge on any atom is 0.322 e. The quantitative estimate of drug-likeness (QED) is 0.595. The number of nitrogens with one attached hydrogen (secondary N) is 3. The minimum absolute atomic E-state index is 0.241. The number of amides is 4. The van der Waals surface area contributed by atoms with Crippen LogP contribution in [0.5, 0.6) is 0 Å². The molecule has 0 aliphatic carbocycles. The van der Waals surface area contributed by atoms with Crippen molar-refractivity contribution in [1.29, 1.82) is 0 Å². The van der Waals surface area contributed by atoms with Crippen molar-refractivity contribution in [3.63, 3.8) is 0 Å². The van der Waals surface area contributed by atoms with Gasteiger partial charge in [0.05, 0.1) is 0 Å². The molecule has 2 rings (SSSR count). The molecule has 1 aromatic carbocycles. The molecular formula is C15H20N4O3.